The topological polar surface area (TPSA) is 84.2 Å². The summed E-state index contributed by atoms with van der Waals surface area (Å²) < 4.78 is 43.3. The summed E-state index contributed by atoms with van der Waals surface area (Å²) in [7, 11) is 0. The van der Waals surface area contributed by atoms with Crippen molar-refractivity contribution in [3.05, 3.63) is 64.7 Å². The number of amides is 2. The Balaban J connectivity index is 1.58. The lowest BCUT2D eigenvalue weighted by atomic mass is 10.1. The molecule has 156 valence electrons. The Morgan fingerprint density at radius 3 is 2.57 bits per heavy atom. The Morgan fingerprint density at radius 2 is 1.90 bits per heavy atom. The van der Waals surface area contributed by atoms with Crippen LogP contribution in [0.5, 0.6) is 0 Å². The van der Waals surface area contributed by atoms with Crippen LogP contribution < -0.4 is 10.6 Å². The number of hydrogen-bond acceptors (Lipinski definition) is 5. The van der Waals surface area contributed by atoms with Gasteiger partial charge in [0.1, 0.15) is 11.5 Å². The summed E-state index contributed by atoms with van der Waals surface area (Å²) in [5.41, 5.74) is 0.230. The maximum absolute atomic E-state index is 12.6. The number of thiazole rings is 1. The molecule has 2 N–H and O–H groups in total. The van der Waals surface area contributed by atoms with E-state index in [9.17, 15) is 22.8 Å². The van der Waals surface area contributed by atoms with E-state index in [2.05, 4.69) is 15.6 Å². The molecule has 30 heavy (non-hydrogen) atoms. The van der Waals surface area contributed by atoms with Crippen LogP contribution in [0.25, 0.3) is 17.5 Å². The zero-order valence-corrected chi connectivity index (χ0v) is 16.4. The number of carbonyl (C=O) groups excluding carboxylic acids is 2. The van der Waals surface area contributed by atoms with Gasteiger partial charge in [-0.3, -0.25) is 14.9 Å². The van der Waals surface area contributed by atoms with Crippen molar-refractivity contribution < 1.29 is 27.2 Å². The number of aromatic nitrogens is 1. The Bertz CT molecular complexity index is 1070. The first-order valence-electron chi connectivity index (χ1n) is 8.66. The molecule has 0 saturated carbocycles. The minimum atomic E-state index is -4.40. The fourth-order valence-corrected chi connectivity index (χ4v) is 3.07. The fourth-order valence-electron chi connectivity index (χ4n) is 2.37. The maximum atomic E-state index is 12.6. The number of hydrogen-bond donors (Lipinski definition) is 2. The number of rotatable bonds is 6. The first-order valence-corrected chi connectivity index (χ1v) is 9.54. The van der Waals surface area contributed by atoms with Crippen LogP contribution in [-0.2, 0) is 22.3 Å². The van der Waals surface area contributed by atoms with Gasteiger partial charge in [0.25, 0.3) is 0 Å². The van der Waals surface area contributed by atoms with Gasteiger partial charge in [0.15, 0.2) is 10.9 Å². The molecule has 0 aliphatic heterocycles. The normalized spacial score (nSPS) is 11.6. The molecular formula is C20H16F3N3O3S. The van der Waals surface area contributed by atoms with Gasteiger partial charge < -0.3 is 9.73 Å². The molecule has 1 aromatic carbocycles. The molecule has 0 aliphatic rings. The number of halogens is 3. The van der Waals surface area contributed by atoms with E-state index in [1.54, 1.807) is 17.5 Å². The zero-order chi connectivity index (χ0) is 21.7. The lowest BCUT2D eigenvalue weighted by Gasteiger charge is -2.05. The second kappa shape index (κ2) is 8.95. The van der Waals surface area contributed by atoms with E-state index in [4.69, 9.17) is 4.42 Å². The third-order valence-electron chi connectivity index (χ3n) is 3.83. The van der Waals surface area contributed by atoms with Crippen molar-refractivity contribution in [3.63, 3.8) is 0 Å². The van der Waals surface area contributed by atoms with Gasteiger partial charge in [-0.05, 0) is 35.9 Å². The van der Waals surface area contributed by atoms with Crippen molar-refractivity contribution >= 4 is 34.4 Å². The molecule has 0 fully saturated rings. The molecule has 3 rings (SSSR count). The van der Waals surface area contributed by atoms with Gasteiger partial charge in [0.2, 0.25) is 11.8 Å². The molecule has 0 aliphatic carbocycles. The lowest BCUT2D eigenvalue weighted by Crippen LogP contribution is -2.18. The van der Waals surface area contributed by atoms with Gasteiger partial charge in [0.05, 0.1) is 12.1 Å². The minimum absolute atomic E-state index is 0.170. The van der Waals surface area contributed by atoms with Crippen LogP contribution >= 0.6 is 11.3 Å². The minimum Gasteiger partial charge on any atom is -0.458 e. The molecule has 3 aromatic rings. The lowest BCUT2D eigenvalue weighted by molar-refractivity contribution is -0.137. The Labute approximate surface area is 173 Å². The molecule has 0 bridgehead atoms. The van der Waals surface area contributed by atoms with E-state index >= 15 is 0 Å². The highest BCUT2D eigenvalue weighted by Crippen LogP contribution is 2.29. The molecule has 0 saturated heterocycles. The second-order valence-electron chi connectivity index (χ2n) is 6.16. The predicted octanol–water partition coefficient (Wildman–Crippen LogP) is 4.71. The van der Waals surface area contributed by atoms with Gasteiger partial charge in [0, 0.05) is 18.4 Å². The van der Waals surface area contributed by atoms with Crippen LogP contribution in [-0.4, -0.2) is 16.8 Å². The highest BCUT2D eigenvalue weighted by atomic mass is 32.1. The Hall–Kier alpha value is -3.40. The van der Waals surface area contributed by atoms with Crippen molar-refractivity contribution in [1.82, 2.24) is 10.3 Å². The van der Waals surface area contributed by atoms with Crippen LogP contribution in [0.1, 0.15) is 23.8 Å². The third kappa shape index (κ3) is 5.80. The molecular weight excluding hydrogens is 419 g/mol. The highest BCUT2D eigenvalue weighted by Gasteiger charge is 2.29. The second-order valence-corrected chi connectivity index (χ2v) is 7.01. The summed E-state index contributed by atoms with van der Waals surface area (Å²) >= 11 is 1.19. The van der Waals surface area contributed by atoms with E-state index in [1.165, 1.54) is 42.5 Å². The van der Waals surface area contributed by atoms with Gasteiger partial charge >= 0.3 is 6.18 Å². The Morgan fingerprint density at radius 1 is 1.17 bits per heavy atom. The number of anilines is 1. The summed E-state index contributed by atoms with van der Waals surface area (Å²) in [5.74, 6) is 0.420. The number of benzene rings is 1. The van der Waals surface area contributed by atoms with E-state index in [0.717, 1.165) is 12.1 Å². The molecule has 0 unspecified atom stereocenters. The number of nitrogens with one attached hydrogen (secondary N) is 2. The maximum Gasteiger partial charge on any atom is 0.416 e. The van der Waals surface area contributed by atoms with Crippen LogP contribution in [0.15, 0.2) is 52.3 Å². The van der Waals surface area contributed by atoms with Crippen molar-refractivity contribution in [2.75, 3.05) is 5.32 Å². The van der Waals surface area contributed by atoms with Gasteiger partial charge in [-0.15, -0.1) is 11.3 Å². The molecule has 0 spiro atoms. The van der Waals surface area contributed by atoms with Gasteiger partial charge in [-0.1, -0.05) is 12.1 Å². The monoisotopic (exact) mass is 435 g/mol. The van der Waals surface area contributed by atoms with Crippen molar-refractivity contribution in [1.29, 1.82) is 0 Å². The Kier molecular flexibility index (Phi) is 6.36. The van der Waals surface area contributed by atoms with Gasteiger partial charge in [-0.25, -0.2) is 4.98 Å². The number of carbonyl (C=O) groups is 2. The first-order chi connectivity index (χ1) is 14.2. The average molecular weight is 435 g/mol. The summed E-state index contributed by atoms with van der Waals surface area (Å²) in [6.45, 7) is 1.67. The van der Waals surface area contributed by atoms with Crippen molar-refractivity contribution in [3.8, 4) is 11.5 Å². The summed E-state index contributed by atoms with van der Waals surface area (Å²) in [5, 5.41) is 7.26. The highest BCUT2D eigenvalue weighted by molar-refractivity contribution is 7.14. The zero-order valence-electron chi connectivity index (χ0n) is 15.6. The fraction of sp³-hybridized carbons (Fsp3) is 0.150. The number of nitrogens with zero attached hydrogens (tertiary/aromatic N) is 1. The quantitative estimate of drug-likeness (QED) is 0.550. The standard InChI is InChI=1S/C20H16F3N3O3S/c1-12(27)24-10-15-7-8-17(29-15)16-11-30-19(25-16)26-18(28)9-4-13-2-5-14(6-3-13)20(21,22)23/h2-9,11H,10H2,1H3,(H,24,27)(H,25,26,28)/b9-4-. The largest absolute Gasteiger partial charge is 0.458 e. The SMILES string of the molecule is CC(=O)NCc1ccc(-c2csc(NC(=O)/C=C\c3ccc(C(F)(F)F)cc3)n2)o1. The predicted molar refractivity (Wildman–Crippen MR) is 106 cm³/mol. The molecule has 10 heteroatoms. The molecule has 2 amide bonds. The molecule has 2 aromatic heterocycles. The molecule has 6 nitrogen and oxygen atoms in total. The third-order valence-corrected chi connectivity index (χ3v) is 4.58. The smallest absolute Gasteiger partial charge is 0.416 e. The van der Waals surface area contributed by atoms with Gasteiger partial charge in [-0.2, -0.15) is 13.2 Å². The van der Waals surface area contributed by atoms with E-state index in [-0.39, 0.29) is 12.5 Å². The molecule has 0 atom stereocenters. The van der Waals surface area contributed by atoms with Crippen molar-refractivity contribution in [2.45, 2.75) is 19.6 Å². The summed E-state index contributed by atoms with van der Waals surface area (Å²) in [4.78, 5) is 27.2. The summed E-state index contributed by atoms with van der Waals surface area (Å²) in [6, 6.07) is 7.90. The van der Waals surface area contributed by atoms with Crippen LogP contribution in [0.3, 0.4) is 0 Å². The first kappa shape index (κ1) is 21.3. The number of furan rings is 1. The van der Waals surface area contributed by atoms with Crippen LogP contribution in [0.4, 0.5) is 18.3 Å². The molecule has 2 heterocycles. The summed E-state index contributed by atoms with van der Waals surface area (Å²) in [6.07, 6.45) is -1.78. The number of alkyl halides is 3. The average Bonchev–Trinajstić information content (AvgIpc) is 3.33. The van der Waals surface area contributed by atoms with Crippen LogP contribution in [0.2, 0.25) is 0 Å². The van der Waals surface area contributed by atoms with Crippen LogP contribution in [0, 0.1) is 0 Å². The van der Waals surface area contributed by atoms with Crippen molar-refractivity contribution in [2.24, 2.45) is 0 Å². The van der Waals surface area contributed by atoms with E-state index < -0.39 is 17.6 Å². The van der Waals surface area contributed by atoms with E-state index in [1.807, 2.05) is 0 Å². The molecule has 0 radical (unpaired) electrons. The van der Waals surface area contributed by atoms with E-state index in [0.29, 0.717) is 27.9 Å².